The standard InChI is InChI=1S/C24H20O4/c25-17-21(15-16-27-24(26)20-11-5-2-6-12-20)22-13-7-8-14-23(22)28-18-19-9-3-1-4-10-19/h1-17,21H,18H2. The van der Waals surface area contributed by atoms with Gasteiger partial charge in [-0.2, -0.15) is 0 Å². The normalized spacial score (nSPS) is 11.7. The maximum atomic E-state index is 12.0. The van der Waals surface area contributed by atoms with Crippen LogP contribution in [0, 0.1) is 0 Å². The largest absolute Gasteiger partial charge is 0.489 e. The summed E-state index contributed by atoms with van der Waals surface area (Å²) in [4.78, 5) is 23.6. The average Bonchev–Trinajstić information content (AvgIpc) is 2.77. The van der Waals surface area contributed by atoms with Crippen molar-refractivity contribution in [1.29, 1.82) is 0 Å². The first-order valence-corrected chi connectivity index (χ1v) is 8.91. The molecule has 1 unspecified atom stereocenters. The third-order valence-electron chi connectivity index (χ3n) is 4.13. The number of para-hydroxylation sites is 1. The lowest BCUT2D eigenvalue weighted by Gasteiger charge is -2.14. The molecule has 0 aliphatic carbocycles. The SMILES string of the molecule is O=CC(C=COC(=O)c1ccccc1)c1ccccc1OCc1ccccc1. The molecule has 140 valence electrons. The fraction of sp³-hybridized carbons (Fsp3) is 0.0833. The molecule has 3 aromatic rings. The van der Waals surface area contributed by atoms with Crippen molar-refractivity contribution < 1.29 is 19.1 Å². The second-order valence-electron chi connectivity index (χ2n) is 6.07. The first kappa shape index (κ1) is 19.1. The molecule has 3 aromatic carbocycles. The zero-order valence-electron chi connectivity index (χ0n) is 15.2. The molecule has 0 aromatic heterocycles. The molecule has 3 rings (SSSR count). The summed E-state index contributed by atoms with van der Waals surface area (Å²) in [5.41, 5.74) is 2.19. The van der Waals surface area contributed by atoms with E-state index < -0.39 is 11.9 Å². The van der Waals surface area contributed by atoms with E-state index in [1.807, 2.05) is 60.7 Å². The summed E-state index contributed by atoms with van der Waals surface area (Å²) in [5.74, 6) is -0.451. The highest BCUT2D eigenvalue weighted by molar-refractivity contribution is 5.89. The number of rotatable bonds is 8. The van der Waals surface area contributed by atoms with Crippen molar-refractivity contribution in [1.82, 2.24) is 0 Å². The van der Waals surface area contributed by atoms with Gasteiger partial charge in [0.15, 0.2) is 0 Å². The topological polar surface area (TPSA) is 52.6 Å². The fourth-order valence-corrected chi connectivity index (χ4v) is 2.67. The summed E-state index contributed by atoms with van der Waals surface area (Å²) in [6.07, 6.45) is 3.58. The van der Waals surface area contributed by atoms with Gasteiger partial charge in [-0.05, 0) is 29.8 Å². The Kier molecular flexibility index (Phi) is 6.74. The van der Waals surface area contributed by atoms with E-state index in [1.54, 1.807) is 30.3 Å². The van der Waals surface area contributed by atoms with E-state index in [0.29, 0.717) is 23.5 Å². The maximum absolute atomic E-state index is 12.0. The van der Waals surface area contributed by atoms with E-state index >= 15 is 0 Å². The molecule has 0 heterocycles. The molecule has 0 N–H and O–H groups in total. The van der Waals surface area contributed by atoms with Gasteiger partial charge in [0.25, 0.3) is 0 Å². The zero-order chi connectivity index (χ0) is 19.6. The van der Waals surface area contributed by atoms with Crippen LogP contribution in [0.5, 0.6) is 5.75 Å². The lowest BCUT2D eigenvalue weighted by atomic mass is 10.00. The van der Waals surface area contributed by atoms with Crippen LogP contribution in [0.4, 0.5) is 0 Å². The van der Waals surface area contributed by atoms with E-state index in [4.69, 9.17) is 9.47 Å². The van der Waals surface area contributed by atoms with Gasteiger partial charge in [0.2, 0.25) is 0 Å². The first-order valence-electron chi connectivity index (χ1n) is 8.91. The highest BCUT2D eigenvalue weighted by Gasteiger charge is 2.13. The van der Waals surface area contributed by atoms with E-state index in [-0.39, 0.29) is 0 Å². The number of carbonyl (C=O) groups excluding carboxylic acids is 2. The molecule has 0 saturated carbocycles. The fourth-order valence-electron chi connectivity index (χ4n) is 2.67. The van der Waals surface area contributed by atoms with E-state index in [0.717, 1.165) is 11.8 Å². The molecule has 0 fully saturated rings. The molecule has 1 atom stereocenters. The van der Waals surface area contributed by atoms with Crippen LogP contribution < -0.4 is 4.74 Å². The van der Waals surface area contributed by atoms with Crippen LogP contribution in [0.2, 0.25) is 0 Å². The smallest absolute Gasteiger partial charge is 0.342 e. The Balaban J connectivity index is 1.68. The van der Waals surface area contributed by atoms with Gasteiger partial charge in [-0.1, -0.05) is 66.7 Å². The number of ether oxygens (including phenoxy) is 2. The van der Waals surface area contributed by atoms with Gasteiger partial charge in [0.1, 0.15) is 18.6 Å². The Labute approximate surface area is 164 Å². The van der Waals surface area contributed by atoms with Crippen LogP contribution in [-0.2, 0) is 16.1 Å². The summed E-state index contributed by atoms with van der Waals surface area (Å²) in [7, 11) is 0. The molecule has 0 radical (unpaired) electrons. The summed E-state index contributed by atoms with van der Waals surface area (Å²) in [5, 5.41) is 0. The number of benzene rings is 3. The van der Waals surface area contributed by atoms with Crippen LogP contribution in [0.1, 0.15) is 27.4 Å². The summed E-state index contributed by atoms with van der Waals surface area (Å²) >= 11 is 0. The van der Waals surface area contributed by atoms with E-state index in [2.05, 4.69) is 0 Å². The Bertz CT molecular complexity index is 933. The molecule has 0 saturated heterocycles. The average molecular weight is 372 g/mol. The van der Waals surface area contributed by atoms with Crippen LogP contribution in [0.25, 0.3) is 0 Å². The van der Waals surface area contributed by atoms with Gasteiger partial charge in [0, 0.05) is 5.56 Å². The van der Waals surface area contributed by atoms with Gasteiger partial charge in [-0.25, -0.2) is 4.79 Å². The number of esters is 1. The lowest BCUT2D eigenvalue weighted by molar-refractivity contribution is -0.108. The quantitative estimate of drug-likeness (QED) is 0.320. The van der Waals surface area contributed by atoms with Gasteiger partial charge < -0.3 is 14.3 Å². The van der Waals surface area contributed by atoms with Crippen molar-refractivity contribution in [3.63, 3.8) is 0 Å². The highest BCUT2D eigenvalue weighted by atomic mass is 16.5. The molecule has 4 heteroatoms. The Morgan fingerprint density at radius 3 is 2.21 bits per heavy atom. The van der Waals surface area contributed by atoms with Crippen molar-refractivity contribution in [3.8, 4) is 5.75 Å². The Morgan fingerprint density at radius 2 is 1.50 bits per heavy atom. The minimum absolute atomic E-state index is 0.399. The lowest BCUT2D eigenvalue weighted by Crippen LogP contribution is -2.04. The number of carbonyl (C=O) groups is 2. The second kappa shape index (κ2) is 9.88. The third kappa shape index (κ3) is 5.17. The van der Waals surface area contributed by atoms with Crippen molar-refractivity contribution in [2.75, 3.05) is 0 Å². The highest BCUT2D eigenvalue weighted by Crippen LogP contribution is 2.27. The molecule has 0 aliphatic rings. The predicted molar refractivity (Wildman–Crippen MR) is 107 cm³/mol. The second-order valence-corrected chi connectivity index (χ2v) is 6.07. The van der Waals surface area contributed by atoms with Gasteiger partial charge in [-0.3, -0.25) is 0 Å². The van der Waals surface area contributed by atoms with Crippen molar-refractivity contribution in [2.24, 2.45) is 0 Å². The Morgan fingerprint density at radius 1 is 0.857 bits per heavy atom. The van der Waals surface area contributed by atoms with Crippen LogP contribution >= 0.6 is 0 Å². The van der Waals surface area contributed by atoms with Crippen molar-refractivity contribution in [3.05, 3.63) is 114 Å². The minimum atomic E-state index is -0.587. The monoisotopic (exact) mass is 372 g/mol. The molecule has 0 spiro atoms. The molecule has 4 nitrogen and oxygen atoms in total. The molecule has 0 bridgehead atoms. The third-order valence-corrected chi connectivity index (χ3v) is 4.13. The van der Waals surface area contributed by atoms with Gasteiger partial charge in [0.05, 0.1) is 17.7 Å². The molecule has 0 amide bonds. The van der Waals surface area contributed by atoms with Crippen molar-refractivity contribution in [2.45, 2.75) is 12.5 Å². The van der Waals surface area contributed by atoms with Crippen LogP contribution in [-0.4, -0.2) is 12.3 Å². The maximum Gasteiger partial charge on any atom is 0.342 e. The predicted octanol–water partition coefficient (Wildman–Crippen LogP) is 4.92. The van der Waals surface area contributed by atoms with E-state index in [1.165, 1.54) is 6.26 Å². The van der Waals surface area contributed by atoms with Crippen LogP contribution in [0.15, 0.2) is 97.3 Å². The van der Waals surface area contributed by atoms with Crippen molar-refractivity contribution >= 4 is 12.3 Å². The number of hydrogen-bond donors (Lipinski definition) is 0. The van der Waals surface area contributed by atoms with Gasteiger partial charge in [-0.15, -0.1) is 0 Å². The summed E-state index contributed by atoms with van der Waals surface area (Å²) in [6, 6.07) is 25.8. The molecular weight excluding hydrogens is 352 g/mol. The number of hydrogen-bond acceptors (Lipinski definition) is 4. The summed E-state index contributed by atoms with van der Waals surface area (Å²) < 4.78 is 11.0. The van der Waals surface area contributed by atoms with E-state index in [9.17, 15) is 9.59 Å². The molecule has 0 aliphatic heterocycles. The summed E-state index contributed by atoms with van der Waals surface area (Å²) in [6.45, 7) is 0.399. The minimum Gasteiger partial charge on any atom is -0.489 e. The molecular formula is C24H20O4. The van der Waals surface area contributed by atoms with Crippen LogP contribution in [0.3, 0.4) is 0 Å². The van der Waals surface area contributed by atoms with Gasteiger partial charge >= 0.3 is 5.97 Å². The Hall–Kier alpha value is -3.66. The zero-order valence-corrected chi connectivity index (χ0v) is 15.2. The number of allylic oxidation sites excluding steroid dienone is 1. The molecule has 28 heavy (non-hydrogen) atoms. The first-order chi connectivity index (χ1) is 13.8. The number of aldehydes is 1.